The Morgan fingerprint density at radius 1 is 1.41 bits per heavy atom. The van der Waals surface area contributed by atoms with Crippen LogP contribution in [0.4, 0.5) is 11.4 Å². The lowest BCUT2D eigenvalue weighted by atomic mass is 9.92. The van der Waals surface area contributed by atoms with Crippen LogP contribution >= 0.6 is 0 Å². The number of nitrogens with one attached hydrogen (secondary N) is 1. The molecule has 0 fully saturated rings. The Labute approximate surface area is 103 Å². The normalized spacial score (nSPS) is 11.1. The molecule has 0 aliphatic rings. The summed E-state index contributed by atoms with van der Waals surface area (Å²) in [6.07, 6.45) is 0. The summed E-state index contributed by atoms with van der Waals surface area (Å²) in [6.45, 7) is 3.99. The first kappa shape index (κ1) is 13.5. The molecule has 1 aromatic carbocycles. The van der Waals surface area contributed by atoms with E-state index in [9.17, 15) is 4.79 Å². The molecule has 1 aromatic rings. The van der Waals surface area contributed by atoms with Crippen LogP contribution in [0.15, 0.2) is 24.3 Å². The second-order valence-electron chi connectivity index (χ2n) is 4.99. The molecule has 3 N–H and O–H groups in total. The number of amides is 1. The van der Waals surface area contributed by atoms with Gasteiger partial charge in [0.2, 0.25) is 5.91 Å². The first-order chi connectivity index (χ1) is 7.86. The van der Waals surface area contributed by atoms with Crippen LogP contribution in [0.5, 0.6) is 0 Å². The Hall–Kier alpha value is -1.55. The summed E-state index contributed by atoms with van der Waals surface area (Å²) in [7, 11) is 3.93. The molecule has 4 heteroatoms. The minimum Gasteiger partial charge on any atom is -0.378 e. The van der Waals surface area contributed by atoms with Crippen molar-refractivity contribution in [2.45, 2.75) is 13.8 Å². The molecular weight excluding hydrogens is 214 g/mol. The van der Waals surface area contributed by atoms with Crippen molar-refractivity contribution in [3.63, 3.8) is 0 Å². The lowest BCUT2D eigenvalue weighted by Crippen LogP contribution is -2.37. The summed E-state index contributed by atoms with van der Waals surface area (Å²) in [5.74, 6) is -0.0593. The Morgan fingerprint density at radius 3 is 2.59 bits per heavy atom. The van der Waals surface area contributed by atoms with Gasteiger partial charge in [-0.15, -0.1) is 0 Å². The molecule has 0 unspecified atom stereocenters. The maximum Gasteiger partial charge on any atom is 0.231 e. The molecular formula is C13H21N3O. The van der Waals surface area contributed by atoms with Gasteiger partial charge in [0, 0.05) is 32.0 Å². The molecule has 1 rings (SSSR count). The van der Waals surface area contributed by atoms with Crippen molar-refractivity contribution in [2.75, 3.05) is 30.9 Å². The maximum atomic E-state index is 11.9. The van der Waals surface area contributed by atoms with E-state index in [1.807, 2.05) is 57.1 Å². The van der Waals surface area contributed by atoms with Gasteiger partial charge in [-0.05, 0) is 32.0 Å². The van der Waals surface area contributed by atoms with Crippen molar-refractivity contribution in [1.29, 1.82) is 0 Å². The van der Waals surface area contributed by atoms with E-state index < -0.39 is 5.41 Å². The van der Waals surface area contributed by atoms with Crippen LogP contribution in [0.25, 0.3) is 0 Å². The maximum absolute atomic E-state index is 11.9. The number of carbonyl (C=O) groups excluding carboxylic acids is 1. The average molecular weight is 235 g/mol. The molecule has 0 bridgehead atoms. The summed E-state index contributed by atoms with van der Waals surface area (Å²) in [4.78, 5) is 13.9. The third-order valence-electron chi connectivity index (χ3n) is 2.75. The van der Waals surface area contributed by atoms with Crippen LogP contribution in [-0.4, -0.2) is 26.5 Å². The summed E-state index contributed by atoms with van der Waals surface area (Å²) in [5.41, 5.74) is 6.87. The molecule has 0 aromatic heterocycles. The number of hydrogen-bond acceptors (Lipinski definition) is 3. The van der Waals surface area contributed by atoms with Crippen molar-refractivity contribution < 1.29 is 4.79 Å². The van der Waals surface area contributed by atoms with Gasteiger partial charge in [-0.2, -0.15) is 0 Å². The summed E-state index contributed by atoms with van der Waals surface area (Å²) < 4.78 is 0. The van der Waals surface area contributed by atoms with E-state index in [0.29, 0.717) is 6.54 Å². The molecule has 0 atom stereocenters. The van der Waals surface area contributed by atoms with E-state index in [1.165, 1.54) is 0 Å². The molecule has 0 spiro atoms. The molecule has 0 saturated carbocycles. The zero-order valence-corrected chi connectivity index (χ0v) is 10.9. The SMILES string of the molecule is CN(C)c1cccc(NC(=O)C(C)(C)CN)c1. The van der Waals surface area contributed by atoms with Gasteiger partial charge in [-0.3, -0.25) is 4.79 Å². The average Bonchev–Trinajstić information content (AvgIpc) is 2.29. The summed E-state index contributed by atoms with van der Waals surface area (Å²) in [5, 5.41) is 2.88. The van der Waals surface area contributed by atoms with Gasteiger partial charge in [0.05, 0.1) is 5.41 Å². The van der Waals surface area contributed by atoms with Gasteiger partial charge in [-0.1, -0.05) is 6.07 Å². The predicted octanol–water partition coefficient (Wildman–Crippen LogP) is 1.68. The molecule has 0 heterocycles. The number of rotatable bonds is 4. The van der Waals surface area contributed by atoms with Crippen molar-refractivity contribution in [3.8, 4) is 0 Å². The van der Waals surface area contributed by atoms with E-state index in [4.69, 9.17) is 5.73 Å². The number of nitrogens with zero attached hydrogens (tertiary/aromatic N) is 1. The Morgan fingerprint density at radius 2 is 2.06 bits per heavy atom. The summed E-state index contributed by atoms with van der Waals surface area (Å²) >= 11 is 0. The zero-order chi connectivity index (χ0) is 13.1. The Kier molecular flexibility index (Phi) is 4.12. The van der Waals surface area contributed by atoms with Gasteiger partial charge in [0.15, 0.2) is 0 Å². The van der Waals surface area contributed by atoms with Crippen molar-refractivity contribution in [1.82, 2.24) is 0 Å². The minimum absolute atomic E-state index is 0.0593. The zero-order valence-electron chi connectivity index (χ0n) is 10.9. The third-order valence-corrected chi connectivity index (χ3v) is 2.75. The fourth-order valence-electron chi connectivity index (χ4n) is 1.25. The van der Waals surface area contributed by atoms with Crippen LogP contribution in [0.1, 0.15) is 13.8 Å². The van der Waals surface area contributed by atoms with E-state index in [0.717, 1.165) is 11.4 Å². The highest BCUT2D eigenvalue weighted by Gasteiger charge is 2.25. The van der Waals surface area contributed by atoms with Crippen LogP contribution in [-0.2, 0) is 4.79 Å². The Balaban J connectivity index is 2.82. The minimum atomic E-state index is -0.547. The highest BCUT2D eigenvalue weighted by atomic mass is 16.2. The van der Waals surface area contributed by atoms with E-state index >= 15 is 0 Å². The predicted molar refractivity (Wildman–Crippen MR) is 72.2 cm³/mol. The van der Waals surface area contributed by atoms with Crippen molar-refractivity contribution in [3.05, 3.63) is 24.3 Å². The fraction of sp³-hybridized carbons (Fsp3) is 0.462. The molecule has 94 valence electrons. The smallest absolute Gasteiger partial charge is 0.231 e. The number of nitrogens with two attached hydrogens (primary N) is 1. The lowest BCUT2D eigenvalue weighted by Gasteiger charge is -2.22. The summed E-state index contributed by atoms with van der Waals surface area (Å²) in [6, 6.07) is 7.71. The largest absolute Gasteiger partial charge is 0.378 e. The van der Waals surface area contributed by atoms with Gasteiger partial charge in [-0.25, -0.2) is 0 Å². The van der Waals surface area contributed by atoms with Gasteiger partial charge in [0.1, 0.15) is 0 Å². The standard InChI is InChI=1S/C13H21N3O/c1-13(2,9-14)12(17)15-10-6-5-7-11(8-10)16(3)4/h5-8H,9,14H2,1-4H3,(H,15,17). The first-order valence-electron chi connectivity index (χ1n) is 5.66. The number of hydrogen-bond donors (Lipinski definition) is 2. The lowest BCUT2D eigenvalue weighted by molar-refractivity contribution is -0.123. The molecule has 0 aliphatic heterocycles. The van der Waals surface area contributed by atoms with E-state index in [1.54, 1.807) is 0 Å². The molecule has 4 nitrogen and oxygen atoms in total. The number of benzene rings is 1. The molecule has 0 saturated heterocycles. The highest BCUT2D eigenvalue weighted by molar-refractivity contribution is 5.95. The van der Waals surface area contributed by atoms with Crippen LogP contribution in [0.2, 0.25) is 0 Å². The van der Waals surface area contributed by atoms with Crippen LogP contribution in [0, 0.1) is 5.41 Å². The number of carbonyl (C=O) groups is 1. The van der Waals surface area contributed by atoms with E-state index in [2.05, 4.69) is 5.32 Å². The second-order valence-corrected chi connectivity index (χ2v) is 4.99. The second kappa shape index (κ2) is 5.19. The molecule has 0 radical (unpaired) electrons. The van der Waals surface area contributed by atoms with Gasteiger partial charge < -0.3 is 16.0 Å². The van der Waals surface area contributed by atoms with Crippen molar-refractivity contribution in [2.24, 2.45) is 11.1 Å². The van der Waals surface area contributed by atoms with Crippen LogP contribution in [0.3, 0.4) is 0 Å². The highest BCUT2D eigenvalue weighted by Crippen LogP contribution is 2.20. The molecule has 17 heavy (non-hydrogen) atoms. The Bertz CT molecular complexity index is 399. The first-order valence-corrected chi connectivity index (χ1v) is 5.66. The molecule has 0 aliphatic carbocycles. The van der Waals surface area contributed by atoms with Gasteiger partial charge in [0.25, 0.3) is 0 Å². The van der Waals surface area contributed by atoms with E-state index in [-0.39, 0.29) is 5.91 Å². The van der Waals surface area contributed by atoms with Gasteiger partial charge >= 0.3 is 0 Å². The quantitative estimate of drug-likeness (QED) is 0.834. The number of anilines is 2. The van der Waals surface area contributed by atoms with Crippen LogP contribution < -0.4 is 16.0 Å². The molecule has 1 amide bonds. The third kappa shape index (κ3) is 3.46. The van der Waals surface area contributed by atoms with Crippen molar-refractivity contribution >= 4 is 17.3 Å². The topological polar surface area (TPSA) is 58.4 Å². The monoisotopic (exact) mass is 235 g/mol. The fourth-order valence-corrected chi connectivity index (χ4v) is 1.25.